The second-order valence-corrected chi connectivity index (χ2v) is 3.16. The number of rotatable bonds is 7. The van der Waals surface area contributed by atoms with Crippen LogP contribution in [0.1, 0.15) is 19.3 Å². The minimum Gasteiger partial charge on any atom is -0.394 e. The van der Waals surface area contributed by atoms with E-state index in [1.807, 2.05) is 0 Å². The molecule has 3 N–H and O–H groups in total. The molecule has 4 nitrogen and oxygen atoms in total. The SMILES string of the molecule is O=C(CCCCCl)NCC(O)CO. The Kier molecular flexibility index (Phi) is 8.08. The molecule has 0 saturated heterocycles. The van der Waals surface area contributed by atoms with Crippen molar-refractivity contribution < 1.29 is 15.0 Å². The first-order valence-electron chi connectivity index (χ1n) is 4.32. The van der Waals surface area contributed by atoms with Crippen molar-refractivity contribution in [3.63, 3.8) is 0 Å². The molecule has 0 aliphatic rings. The van der Waals surface area contributed by atoms with Crippen LogP contribution in [0.5, 0.6) is 0 Å². The number of unbranched alkanes of at least 4 members (excludes halogenated alkanes) is 1. The Morgan fingerprint density at radius 2 is 2.15 bits per heavy atom. The number of alkyl halides is 1. The summed E-state index contributed by atoms with van der Waals surface area (Å²) < 4.78 is 0. The van der Waals surface area contributed by atoms with Crippen molar-refractivity contribution in [1.29, 1.82) is 0 Å². The maximum atomic E-state index is 11.0. The number of hydrogen-bond acceptors (Lipinski definition) is 3. The summed E-state index contributed by atoms with van der Waals surface area (Å²) in [7, 11) is 0. The van der Waals surface area contributed by atoms with Gasteiger partial charge < -0.3 is 15.5 Å². The summed E-state index contributed by atoms with van der Waals surface area (Å²) in [4.78, 5) is 11.0. The predicted octanol–water partition coefficient (Wildman–Crippen LogP) is -0.135. The Morgan fingerprint density at radius 3 is 2.69 bits per heavy atom. The van der Waals surface area contributed by atoms with Gasteiger partial charge in [-0.3, -0.25) is 4.79 Å². The van der Waals surface area contributed by atoms with Crippen molar-refractivity contribution in [2.24, 2.45) is 0 Å². The lowest BCUT2D eigenvalue weighted by atomic mass is 10.2. The molecule has 0 aromatic heterocycles. The summed E-state index contributed by atoms with van der Waals surface area (Å²) in [6, 6.07) is 0. The van der Waals surface area contributed by atoms with Crippen LogP contribution in [0.25, 0.3) is 0 Å². The molecule has 5 heteroatoms. The number of hydrogen-bond donors (Lipinski definition) is 3. The molecule has 0 aromatic rings. The Bertz CT molecular complexity index is 143. The first-order chi connectivity index (χ1) is 6.20. The van der Waals surface area contributed by atoms with E-state index in [0.717, 1.165) is 12.8 Å². The normalized spacial score (nSPS) is 12.5. The van der Waals surface area contributed by atoms with E-state index in [-0.39, 0.29) is 19.1 Å². The largest absolute Gasteiger partial charge is 0.394 e. The summed E-state index contributed by atoms with van der Waals surface area (Å²) >= 11 is 5.43. The molecule has 0 radical (unpaired) electrons. The molecule has 0 aliphatic heterocycles. The van der Waals surface area contributed by atoms with Crippen LogP contribution in [-0.4, -0.2) is 41.3 Å². The van der Waals surface area contributed by atoms with Crippen LogP contribution in [0.15, 0.2) is 0 Å². The van der Waals surface area contributed by atoms with Crippen molar-refractivity contribution in [2.75, 3.05) is 19.0 Å². The third-order valence-corrected chi connectivity index (χ3v) is 1.80. The summed E-state index contributed by atoms with van der Waals surface area (Å²) in [5.74, 6) is 0.449. The maximum Gasteiger partial charge on any atom is 0.220 e. The van der Waals surface area contributed by atoms with Crippen LogP contribution in [0.4, 0.5) is 0 Å². The third-order valence-electron chi connectivity index (χ3n) is 1.53. The van der Waals surface area contributed by atoms with Gasteiger partial charge in [0.15, 0.2) is 0 Å². The summed E-state index contributed by atoms with van der Waals surface area (Å²) in [6.45, 7) is -0.224. The number of aliphatic hydroxyl groups is 2. The topological polar surface area (TPSA) is 69.6 Å². The molecule has 1 amide bonds. The van der Waals surface area contributed by atoms with Crippen molar-refractivity contribution in [2.45, 2.75) is 25.4 Å². The Morgan fingerprint density at radius 1 is 1.46 bits per heavy atom. The van der Waals surface area contributed by atoms with E-state index in [4.69, 9.17) is 21.8 Å². The van der Waals surface area contributed by atoms with Crippen molar-refractivity contribution in [1.82, 2.24) is 5.32 Å². The number of amides is 1. The lowest BCUT2D eigenvalue weighted by Crippen LogP contribution is -2.33. The fourth-order valence-corrected chi connectivity index (χ4v) is 0.954. The molecular formula is C8H16ClNO3. The number of carbonyl (C=O) groups excluding carboxylic acids is 1. The third kappa shape index (κ3) is 8.02. The number of aliphatic hydroxyl groups excluding tert-OH is 2. The van der Waals surface area contributed by atoms with Crippen molar-refractivity contribution in [3.05, 3.63) is 0 Å². The fraction of sp³-hybridized carbons (Fsp3) is 0.875. The number of nitrogens with one attached hydrogen (secondary N) is 1. The average molecular weight is 210 g/mol. The van der Waals surface area contributed by atoms with Crippen LogP contribution < -0.4 is 5.32 Å². The Labute approximate surface area is 82.9 Å². The van der Waals surface area contributed by atoms with Gasteiger partial charge in [0.05, 0.1) is 12.7 Å². The second kappa shape index (κ2) is 8.29. The molecule has 1 atom stereocenters. The molecule has 0 heterocycles. The second-order valence-electron chi connectivity index (χ2n) is 2.79. The lowest BCUT2D eigenvalue weighted by Gasteiger charge is -2.08. The first kappa shape index (κ1) is 12.7. The number of carbonyl (C=O) groups is 1. The molecular weight excluding hydrogens is 194 g/mol. The Balaban J connectivity index is 3.30. The van der Waals surface area contributed by atoms with E-state index in [9.17, 15) is 4.79 Å². The molecule has 0 saturated carbocycles. The smallest absolute Gasteiger partial charge is 0.220 e. The van der Waals surface area contributed by atoms with E-state index in [2.05, 4.69) is 5.32 Å². The first-order valence-corrected chi connectivity index (χ1v) is 4.85. The zero-order valence-corrected chi connectivity index (χ0v) is 8.26. The minimum atomic E-state index is -0.864. The molecule has 0 rings (SSSR count). The van der Waals surface area contributed by atoms with E-state index in [0.29, 0.717) is 12.3 Å². The zero-order chi connectivity index (χ0) is 10.1. The van der Waals surface area contributed by atoms with Gasteiger partial charge in [0, 0.05) is 18.8 Å². The average Bonchev–Trinajstić information content (AvgIpc) is 2.14. The van der Waals surface area contributed by atoms with Gasteiger partial charge in [-0.05, 0) is 12.8 Å². The Hall–Kier alpha value is -0.320. The lowest BCUT2D eigenvalue weighted by molar-refractivity contribution is -0.121. The summed E-state index contributed by atoms with van der Waals surface area (Å²) in [5, 5.41) is 19.8. The highest BCUT2D eigenvalue weighted by atomic mass is 35.5. The zero-order valence-electron chi connectivity index (χ0n) is 7.50. The van der Waals surface area contributed by atoms with E-state index < -0.39 is 6.10 Å². The maximum absolute atomic E-state index is 11.0. The molecule has 0 spiro atoms. The van der Waals surface area contributed by atoms with E-state index in [1.165, 1.54) is 0 Å². The van der Waals surface area contributed by atoms with Crippen molar-refractivity contribution >= 4 is 17.5 Å². The summed E-state index contributed by atoms with van der Waals surface area (Å²) in [6.07, 6.45) is 1.13. The molecule has 0 fully saturated rings. The van der Waals surface area contributed by atoms with Gasteiger partial charge >= 0.3 is 0 Å². The molecule has 0 aromatic carbocycles. The van der Waals surface area contributed by atoms with Gasteiger partial charge in [-0.25, -0.2) is 0 Å². The molecule has 0 aliphatic carbocycles. The highest BCUT2D eigenvalue weighted by Gasteiger charge is 2.04. The molecule has 13 heavy (non-hydrogen) atoms. The van der Waals surface area contributed by atoms with Crippen molar-refractivity contribution in [3.8, 4) is 0 Å². The van der Waals surface area contributed by atoms with Crippen LogP contribution in [0.3, 0.4) is 0 Å². The molecule has 1 unspecified atom stereocenters. The number of halogens is 1. The van der Waals surface area contributed by atoms with Crippen LogP contribution >= 0.6 is 11.6 Å². The highest BCUT2D eigenvalue weighted by molar-refractivity contribution is 6.17. The fourth-order valence-electron chi connectivity index (χ4n) is 0.765. The van der Waals surface area contributed by atoms with Gasteiger partial charge in [0.25, 0.3) is 0 Å². The monoisotopic (exact) mass is 209 g/mol. The van der Waals surface area contributed by atoms with E-state index >= 15 is 0 Å². The van der Waals surface area contributed by atoms with Gasteiger partial charge in [-0.2, -0.15) is 0 Å². The van der Waals surface area contributed by atoms with Gasteiger partial charge in [-0.1, -0.05) is 0 Å². The highest BCUT2D eigenvalue weighted by Crippen LogP contribution is 1.96. The standard InChI is InChI=1S/C8H16ClNO3/c9-4-2-1-3-8(13)10-5-7(12)6-11/h7,11-12H,1-6H2,(H,10,13). The van der Waals surface area contributed by atoms with Crippen LogP contribution in [-0.2, 0) is 4.79 Å². The van der Waals surface area contributed by atoms with Crippen LogP contribution in [0.2, 0.25) is 0 Å². The predicted molar refractivity (Wildman–Crippen MR) is 50.7 cm³/mol. The molecule has 0 bridgehead atoms. The van der Waals surface area contributed by atoms with Gasteiger partial charge in [-0.15, -0.1) is 11.6 Å². The summed E-state index contributed by atoms with van der Waals surface area (Å²) in [5.41, 5.74) is 0. The quantitative estimate of drug-likeness (QED) is 0.404. The van der Waals surface area contributed by atoms with E-state index in [1.54, 1.807) is 0 Å². The minimum absolute atomic E-state index is 0.107. The van der Waals surface area contributed by atoms with Gasteiger partial charge in [0.1, 0.15) is 0 Å². The molecule has 78 valence electrons. The van der Waals surface area contributed by atoms with Gasteiger partial charge in [0.2, 0.25) is 5.91 Å². The van der Waals surface area contributed by atoms with Crippen LogP contribution in [0, 0.1) is 0 Å².